The molecule has 2 aromatic heterocycles. The summed E-state index contributed by atoms with van der Waals surface area (Å²) in [5.74, 6) is -0.531. The van der Waals surface area contributed by atoms with Gasteiger partial charge < -0.3 is 10.0 Å². The van der Waals surface area contributed by atoms with Gasteiger partial charge in [-0.3, -0.25) is 9.59 Å². The molecule has 0 aromatic carbocycles. The molecule has 5 nitrogen and oxygen atoms in total. The van der Waals surface area contributed by atoms with E-state index < -0.39 is 5.97 Å². The number of nitrogens with zero attached hydrogens (tertiary/aromatic N) is 2. The second kappa shape index (κ2) is 7.23. The van der Waals surface area contributed by atoms with E-state index in [4.69, 9.17) is 5.11 Å². The molecular formula is C16H18N2O3S2. The minimum absolute atomic E-state index is 0.0379. The Morgan fingerprint density at radius 2 is 2.26 bits per heavy atom. The van der Waals surface area contributed by atoms with Gasteiger partial charge in [-0.25, -0.2) is 4.98 Å². The molecule has 1 fully saturated rings. The Morgan fingerprint density at radius 1 is 1.39 bits per heavy atom. The first kappa shape index (κ1) is 16.1. The van der Waals surface area contributed by atoms with Gasteiger partial charge >= 0.3 is 5.97 Å². The summed E-state index contributed by atoms with van der Waals surface area (Å²) in [4.78, 5) is 30.7. The summed E-state index contributed by atoms with van der Waals surface area (Å²) < 4.78 is 0. The molecule has 122 valence electrons. The van der Waals surface area contributed by atoms with E-state index in [0.29, 0.717) is 18.7 Å². The fourth-order valence-electron chi connectivity index (χ4n) is 2.86. The predicted octanol–water partition coefficient (Wildman–Crippen LogP) is 3.59. The lowest BCUT2D eigenvalue weighted by atomic mass is 9.93. The van der Waals surface area contributed by atoms with Gasteiger partial charge in [0.2, 0.25) is 0 Å². The average Bonchev–Trinajstić information content (AvgIpc) is 3.23. The number of carbonyl (C=O) groups excluding carboxylic acids is 1. The van der Waals surface area contributed by atoms with E-state index in [1.807, 2.05) is 27.8 Å². The Labute approximate surface area is 142 Å². The second-order valence-electron chi connectivity index (χ2n) is 5.71. The van der Waals surface area contributed by atoms with E-state index >= 15 is 0 Å². The maximum absolute atomic E-state index is 12.6. The fraction of sp³-hybridized carbons (Fsp3) is 0.438. The largest absolute Gasteiger partial charge is 0.481 e. The van der Waals surface area contributed by atoms with Crippen LogP contribution in [-0.4, -0.2) is 40.0 Å². The number of aliphatic carboxylic acids is 1. The van der Waals surface area contributed by atoms with Gasteiger partial charge in [-0.05, 0) is 36.6 Å². The molecule has 3 rings (SSSR count). The van der Waals surface area contributed by atoms with Crippen LogP contribution >= 0.6 is 22.7 Å². The molecule has 0 bridgehead atoms. The van der Waals surface area contributed by atoms with Crippen LogP contribution in [0.4, 0.5) is 0 Å². The number of likely N-dealkylation sites (tertiary alicyclic amines) is 1. The van der Waals surface area contributed by atoms with Crippen molar-refractivity contribution < 1.29 is 14.7 Å². The van der Waals surface area contributed by atoms with Crippen molar-refractivity contribution in [2.75, 3.05) is 13.1 Å². The lowest BCUT2D eigenvalue weighted by Crippen LogP contribution is -2.40. The Morgan fingerprint density at radius 3 is 3.00 bits per heavy atom. The Kier molecular flexibility index (Phi) is 5.07. The number of carboxylic acids is 1. The average molecular weight is 350 g/mol. The summed E-state index contributed by atoms with van der Waals surface area (Å²) >= 11 is 3.10. The van der Waals surface area contributed by atoms with Crippen LogP contribution in [0.2, 0.25) is 0 Å². The molecule has 0 spiro atoms. The first-order valence-electron chi connectivity index (χ1n) is 7.64. The van der Waals surface area contributed by atoms with E-state index in [0.717, 1.165) is 29.3 Å². The highest BCUT2D eigenvalue weighted by molar-refractivity contribution is 7.20. The highest BCUT2D eigenvalue weighted by atomic mass is 32.1. The summed E-state index contributed by atoms with van der Waals surface area (Å²) in [5.41, 5.74) is 0.497. The van der Waals surface area contributed by atoms with Gasteiger partial charge in [0.1, 0.15) is 10.7 Å². The van der Waals surface area contributed by atoms with Gasteiger partial charge in [-0.1, -0.05) is 6.07 Å². The van der Waals surface area contributed by atoms with Gasteiger partial charge in [0.25, 0.3) is 5.91 Å². The molecule has 1 aliphatic rings. The standard InChI is InChI=1S/C16H18N2O3S2/c19-14(20)6-5-11-3-1-7-18(9-11)16(21)12-10-23-15(17-12)13-4-2-8-22-13/h2,4,8,10-11H,1,3,5-7,9H2,(H,19,20). The normalized spacial score (nSPS) is 18.1. The second-order valence-corrected chi connectivity index (χ2v) is 7.51. The van der Waals surface area contributed by atoms with E-state index in [9.17, 15) is 9.59 Å². The van der Waals surface area contributed by atoms with Gasteiger partial charge in [0, 0.05) is 24.9 Å². The number of hydrogen-bond acceptors (Lipinski definition) is 5. The number of carboxylic acid groups (broad SMARTS) is 1. The van der Waals surface area contributed by atoms with Crippen molar-refractivity contribution in [3.05, 3.63) is 28.6 Å². The number of piperidine rings is 1. The van der Waals surface area contributed by atoms with Crippen LogP contribution in [0.25, 0.3) is 9.88 Å². The quantitative estimate of drug-likeness (QED) is 0.894. The zero-order chi connectivity index (χ0) is 16.2. The summed E-state index contributed by atoms with van der Waals surface area (Å²) in [6.45, 7) is 1.37. The number of amides is 1. The molecule has 23 heavy (non-hydrogen) atoms. The number of thiazole rings is 1. The topological polar surface area (TPSA) is 70.5 Å². The first-order chi connectivity index (χ1) is 11.1. The van der Waals surface area contributed by atoms with Crippen molar-refractivity contribution in [1.29, 1.82) is 0 Å². The summed E-state index contributed by atoms with van der Waals surface area (Å²) in [5, 5.41) is 13.5. The molecule has 0 aliphatic carbocycles. The van der Waals surface area contributed by atoms with Crippen LogP contribution in [-0.2, 0) is 4.79 Å². The number of rotatable bonds is 5. The minimum atomic E-state index is -0.770. The van der Waals surface area contributed by atoms with Gasteiger partial charge in [0.15, 0.2) is 0 Å². The van der Waals surface area contributed by atoms with Crippen molar-refractivity contribution in [2.24, 2.45) is 5.92 Å². The molecule has 1 N–H and O–H groups in total. The molecule has 1 atom stereocenters. The van der Waals surface area contributed by atoms with Crippen LogP contribution in [0.3, 0.4) is 0 Å². The molecule has 1 aliphatic heterocycles. The van der Waals surface area contributed by atoms with Crippen LogP contribution in [0, 0.1) is 5.92 Å². The minimum Gasteiger partial charge on any atom is -0.481 e. The van der Waals surface area contributed by atoms with Crippen molar-refractivity contribution in [1.82, 2.24) is 9.88 Å². The predicted molar refractivity (Wildman–Crippen MR) is 90.9 cm³/mol. The summed E-state index contributed by atoms with van der Waals surface area (Å²) in [6.07, 6.45) is 2.73. The number of carbonyl (C=O) groups is 2. The molecule has 0 radical (unpaired) electrons. The molecule has 1 saturated heterocycles. The molecule has 3 heterocycles. The Bertz CT molecular complexity index is 681. The third-order valence-corrected chi connectivity index (χ3v) is 5.91. The summed E-state index contributed by atoms with van der Waals surface area (Å²) in [7, 11) is 0. The number of thiophene rings is 1. The Balaban J connectivity index is 1.64. The molecule has 1 amide bonds. The Hall–Kier alpha value is -1.73. The van der Waals surface area contributed by atoms with E-state index in [1.165, 1.54) is 11.3 Å². The maximum Gasteiger partial charge on any atom is 0.303 e. The lowest BCUT2D eigenvalue weighted by molar-refractivity contribution is -0.137. The van der Waals surface area contributed by atoms with Crippen molar-refractivity contribution in [2.45, 2.75) is 25.7 Å². The SMILES string of the molecule is O=C(O)CCC1CCCN(C(=O)c2csc(-c3cccs3)n2)C1. The van der Waals surface area contributed by atoms with E-state index in [1.54, 1.807) is 11.3 Å². The fourth-order valence-corrected chi connectivity index (χ4v) is 4.47. The van der Waals surface area contributed by atoms with Crippen LogP contribution in [0.15, 0.2) is 22.9 Å². The highest BCUT2D eigenvalue weighted by Crippen LogP contribution is 2.29. The van der Waals surface area contributed by atoms with Crippen molar-refractivity contribution in [3.63, 3.8) is 0 Å². The molecule has 7 heteroatoms. The third-order valence-electron chi connectivity index (χ3n) is 4.03. The number of aromatic nitrogens is 1. The van der Waals surface area contributed by atoms with E-state index in [-0.39, 0.29) is 18.2 Å². The van der Waals surface area contributed by atoms with Gasteiger partial charge in [0.05, 0.1) is 4.88 Å². The third kappa shape index (κ3) is 3.97. The van der Waals surface area contributed by atoms with Crippen LogP contribution in [0.1, 0.15) is 36.2 Å². The van der Waals surface area contributed by atoms with Crippen LogP contribution < -0.4 is 0 Å². The summed E-state index contributed by atoms with van der Waals surface area (Å²) in [6, 6.07) is 3.97. The van der Waals surface area contributed by atoms with Crippen molar-refractivity contribution in [3.8, 4) is 9.88 Å². The maximum atomic E-state index is 12.6. The first-order valence-corrected chi connectivity index (χ1v) is 9.40. The van der Waals surface area contributed by atoms with E-state index in [2.05, 4.69) is 4.98 Å². The van der Waals surface area contributed by atoms with Gasteiger partial charge in [-0.2, -0.15) is 0 Å². The smallest absolute Gasteiger partial charge is 0.303 e. The van der Waals surface area contributed by atoms with Crippen LogP contribution in [0.5, 0.6) is 0 Å². The lowest BCUT2D eigenvalue weighted by Gasteiger charge is -2.32. The molecule has 1 unspecified atom stereocenters. The highest BCUT2D eigenvalue weighted by Gasteiger charge is 2.26. The number of hydrogen-bond donors (Lipinski definition) is 1. The molecule has 0 saturated carbocycles. The zero-order valence-electron chi connectivity index (χ0n) is 12.6. The molecular weight excluding hydrogens is 332 g/mol. The van der Waals surface area contributed by atoms with Crippen molar-refractivity contribution >= 4 is 34.6 Å². The monoisotopic (exact) mass is 350 g/mol. The molecule has 2 aromatic rings. The zero-order valence-corrected chi connectivity index (χ0v) is 14.2. The van der Waals surface area contributed by atoms with Gasteiger partial charge in [-0.15, -0.1) is 22.7 Å².